The summed E-state index contributed by atoms with van der Waals surface area (Å²) in [6.45, 7) is 3.86. The van der Waals surface area contributed by atoms with Crippen LogP contribution in [0, 0.1) is 6.92 Å². The Bertz CT molecular complexity index is 703. The van der Waals surface area contributed by atoms with E-state index in [-0.39, 0.29) is 11.8 Å². The maximum atomic E-state index is 12.5. The predicted molar refractivity (Wildman–Crippen MR) is 74.8 cm³/mol. The molecule has 5 heteroatoms. The molecule has 5 nitrogen and oxygen atoms in total. The number of aromatic nitrogens is 2. The molecule has 2 aromatic rings. The van der Waals surface area contributed by atoms with Crippen LogP contribution >= 0.6 is 0 Å². The van der Waals surface area contributed by atoms with Gasteiger partial charge in [0.2, 0.25) is 5.91 Å². The molecule has 3 rings (SSSR count). The summed E-state index contributed by atoms with van der Waals surface area (Å²) < 4.78 is 1.30. The highest BCUT2D eigenvalue weighted by Crippen LogP contribution is 2.30. The Morgan fingerprint density at radius 2 is 2.05 bits per heavy atom. The average molecular weight is 269 g/mol. The lowest BCUT2D eigenvalue weighted by Crippen LogP contribution is -2.38. The number of nitrogens with zero attached hydrogens (tertiary/aromatic N) is 2. The van der Waals surface area contributed by atoms with Crippen molar-refractivity contribution in [3.63, 3.8) is 0 Å². The average Bonchev–Trinajstić information content (AvgIpc) is 2.84. The Balaban J connectivity index is 2.10. The van der Waals surface area contributed by atoms with E-state index >= 15 is 0 Å². The van der Waals surface area contributed by atoms with Crippen LogP contribution in [0.3, 0.4) is 0 Å². The molecule has 2 heterocycles. The second-order valence-corrected chi connectivity index (χ2v) is 4.90. The number of fused-ring (bicyclic) bond motifs is 1. The van der Waals surface area contributed by atoms with Gasteiger partial charge >= 0.3 is 0 Å². The molecule has 1 unspecified atom stereocenters. The van der Waals surface area contributed by atoms with Crippen LogP contribution < -0.4 is 5.32 Å². The zero-order chi connectivity index (χ0) is 14.3. The molecule has 0 saturated heterocycles. The van der Waals surface area contributed by atoms with Crippen LogP contribution in [0.5, 0.6) is 0 Å². The van der Waals surface area contributed by atoms with Crippen LogP contribution in [-0.2, 0) is 11.2 Å². The summed E-state index contributed by atoms with van der Waals surface area (Å²) in [5.41, 5.74) is 2.52. The first-order chi connectivity index (χ1) is 9.63. The summed E-state index contributed by atoms with van der Waals surface area (Å²) in [5.74, 6) is -0.898. The van der Waals surface area contributed by atoms with Crippen LogP contribution in [-0.4, -0.2) is 21.6 Å². The zero-order valence-corrected chi connectivity index (χ0v) is 11.4. The van der Waals surface area contributed by atoms with E-state index in [1.54, 1.807) is 6.20 Å². The highest BCUT2D eigenvalue weighted by Gasteiger charge is 2.37. The largest absolute Gasteiger partial charge is 0.309 e. The molecule has 102 valence electrons. The fourth-order valence-electron chi connectivity index (χ4n) is 2.55. The van der Waals surface area contributed by atoms with Gasteiger partial charge in [-0.15, -0.1) is 0 Å². The zero-order valence-electron chi connectivity index (χ0n) is 11.4. The highest BCUT2D eigenvalue weighted by atomic mass is 16.2. The summed E-state index contributed by atoms with van der Waals surface area (Å²) in [6, 6.07) is 7.43. The van der Waals surface area contributed by atoms with Gasteiger partial charge in [0, 0.05) is 5.56 Å². The van der Waals surface area contributed by atoms with E-state index in [9.17, 15) is 9.59 Å². The lowest BCUT2D eigenvalue weighted by atomic mass is 9.92. The number of hydrogen-bond donors (Lipinski definition) is 1. The van der Waals surface area contributed by atoms with E-state index in [4.69, 9.17) is 0 Å². The number of hydrogen-bond acceptors (Lipinski definition) is 3. The number of anilines is 1. The van der Waals surface area contributed by atoms with Crippen molar-refractivity contribution >= 4 is 17.6 Å². The Hall–Kier alpha value is -2.43. The van der Waals surface area contributed by atoms with E-state index in [0.29, 0.717) is 5.82 Å². The topological polar surface area (TPSA) is 64.0 Å². The van der Waals surface area contributed by atoms with E-state index < -0.39 is 5.92 Å². The molecular weight excluding hydrogens is 254 g/mol. The van der Waals surface area contributed by atoms with Gasteiger partial charge in [0.1, 0.15) is 11.7 Å². The summed E-state index contributed by atoms with van der Waals surface area (Å²) >= 11 is 0. The molecule has 0 aliphatic carbocycles. The van der Waals surface area contributed by atoms with Gasteiger partial charge in [-0.2, -0.15) is 9.78 Å². The van der Waals surface area contributed by atoms with Gasteiger partial charge in [0.15, 0.2) is 0 Å². The molecule has 0 fully saturated rings. The second kappa shape index (κ2) is 4.59. The van der Waals surface area contributed by atoms with E-state index in [1.165, 1.54) is 4.68 Å². The van der Waals surface area contributed by atoms with Crippen molar-refractivity contribution in [3.05, 3.63) is 47.2 Å². The van der Waals surface area contributed by atoms with Crippen molar-refractivity contribution < 1.29 is 9.59 Å². The molecule has 20 heavy (non-hydrogen) atoms. The molecule has 1 aromatic carbocycles. The van der Waals surface area contributed by atoms with Crippen LogP contribution in [0.2, 0.25) is 0 Å². The molecule has 0 bridgehead atoms. The Labute approximate surface area is 116 Å². The third-order valence-electron chi connectivity index (χ3n) is 3.68. The molecule has 1 aliphatic rings. The van der Waals surface area contributed by atoms with E-state index in [2.05, 4.69) is 10.4 Å². The van der Waals surface area contributed by atoms with Crippen LogP contribution in [0.4, 0.5) is 5.82 Å². The van der Waals surface area contributed by atoms with Gasteiger partial charge in [0.05, 0.1) is 6.20 Å². The van der Waals surface area contributed by atoms with Crippen molar-refractivity contribution in [2.24, 2.45) is 0 Å². The van der Waals surface area contributed by atoms with Crippen LogP contribution in [0.15, 0.2) is 30.5 Å². The van der Waals surface area contributed by atoms with Crippen molar-refractivity contribution in [2.75, 3.05) is 5.32 Å². The fourth-order valence-corrected chi connectivity index (χ4v) is 2.55. The SMILES string of the molecule is CCc1cnn2c1NC(=O)C(c1ccccc1C)C2=O. The molecule has 0 radical (unpaired) electrons. The standard InChI is InChI=1S/C15H15N3O2/c1-3-10-8-16-18-13(10)17-14(19)12(15(18)20)11-7-5-4-6-9(11)2/h4-8,12H,3H2,1-2H3,(H,17,19). The minimum absolute atomic E-state index is 0.285. The molecule has 1 amide bonds. The van der Waals surface area contributed by atoms with Crippen molar-refractivity contribution in [2.45, 2.75) is 26.2 Å². The summed E-state index contributed by atoms with van der Waals surface area (Å²) in [4.78, 5) is 24.9. The van der Waals surface area contributed by atoms with Gasteiger partial charge < -0.3 is 5.32 Å². The minimum atomic E-state index is -0.826. The normalized spacial score (nSPS) is 17.8. The molecule has 1 atom stereocenters. The number of carbonyl (C=O) groups is 2. The monoisotopic (exact) mass is 269 g/mol. The predicted octanol–water partition coefficient (Wildman–Crippen LogP) is 2.13. The summed E-state index contributed by atoms with van der Waals surface area (Å²) in [6.07, 6.45) is 2.35. The van der Waals surface area contributed by atoms with Gasteiger partial charge in [-0.3, -0.25) is 9.59 Å². The van der Waals surface area contributed by atoms with E-state index in [0.717, 1.165) is 23.1 Å². The van der Waals surface area contributed by atoms with Gasteiger partial charge in [-0.1, -0.05) is 31.2 Å². The lowest BCUT2D eigenvalue weighted by molar-refractivity contribution is -0.117. The molecule has 1 aromatic heterocycles. The first kappa shape index (κ1) is 12.6. The maximum absolute atomic E-state index is 12.5. The van der Waals surface area contributed by atoms with Gasteiger partial charge in [0.25, 0.3) is 5.91 Å². The summed E-state index contributed by atoms with van der Waals surface area (Å²) in [5, 5.41) is 6.91. The highest BCUT2D eigenvalue weighted by molar-refractivity contribution is 6.15. The number of amides is 1. The molecule has 1 aliphatic heterocycles. The molecule has 0 saturated carbocycles. The van der Waals surface area contributed by atoms with Crippen molar-refractivity contribution in [3.8, 4) is 0 Å². The first-order valence-electron chi connectivity index (χ1n) is 6.61. The van der Waals surface area contributed by atoms with Crippen LogP contribution in [0.25, 0.3) is 0 Å². The first-order valence-corrected chi connectivity index (χ1v) is 6.61. The number of aryl methyl sites for hydroxylation is 2. The quantitative estimate of drug-likeness (QED) is 0.849. The van der Waals surface area contributed by atoms with Crippen molar-refractivity contribution in [1.82, 2.24) is 9.78 Å². The lowest BCUT2D eigenvalue weighted by Gasteiger charge is -2.23. The maximum Gasteiger partial charge on any atom is 0.265 e. The second-order valence-electron chi connectivity index (χ2n) is 4.90. The third kappa shape index (κ3) is 1.74. The Kier molecular flexibility index (Phi) is 2.89. The smallest absolute Gasteiger partial charge is 0.265 e. The van der Waals surface area contributed by atoms with E-state index in [1.807, 2.05) is 38.1 Å². The number of carbonyl (C=O) groups excluding carboxylic acids is 2. The van der Waals surface area contributed by atoms with Gasteiger partial charge in [-0.25, -0.2) is 0 Å². The third-order valence-corrected chi connectivity index (χ3v) is 3.68. The fraction of sp³-hybridized carbons (Fsp3) is 0.267. The molecular formula is C15H15N3O2. The number of benzene rings is 1. The van der Waals surface area contributed by atoms with Crippen LogP contribution in [0.1, 0.15) is 34.3 Å². The minimum Gasteiger partial charge on any atom is -0.309 e. The molecule has 0 spiro atoms. The Morgan fingerprint density at radius 1 is 1.30 bits per heavy atom. The Morgan fingerprint density at radius 3 is 2.75 bits per heavy atom. The number of rotatable bonds is 2. The molecule has 1 N–H and O–H groups in total. The summed E-state index contributed by atoms with van der Waals surface area (Å²) in [7, 11) is 0. The van der Waals surface area contributed by atoms with Crippen molar-refractivity contribution in [1.29, 1.82) is 0 Å². The van der Waals surface area contributed by atoms with Gasteiger partial charge in [-0.05, 0) is 24.5 Å². The number of nitrogens with one attached hydrogen (secondary N) is 1.